The van der Waals surface area contributed by atoms with Crippen LogP contribution in [0, 0.1) is 11.8 Å². The van der Waals surface area contributed by atoms with E-state index in [-0.39, 0.29) is 18.0 Å². The van der Waals surface area contributed by atoms with Crippen LogP contribution >= 0.6 is 8.22 Å². The molecule has 1 unspecified atom stereocenters. The van der Waals surface area contributed by atoms with Crippen molar-refractivity contribution in [2.24, 2.45) is 11.8 Å². The van der Waals surface area contributed by atoms with Crippen LogP contribution in [0.4, 0.5) is 5.82 Å². The first-order valence-electron chi connectivity index (χ1n) is 15.4. The Labute approximate surface area is 250 Å². The summed E-state index contributed by atoms with van der Waals surface area (Å²) in [5, 5.41) is 7.09. The Morgan fingerprint density at radius 2 is 1.45 bits per heavy atom. The molecule has 2 aromatic rings. The second-order valence-corrected chi connectivity index (χ2v) is 13.4. The highest BCUT2D eigenvalue weighted by molar-refractivity contribution is 7.53. The molecular formula is C29H48N7O5P. The first-order valence-corrected chi connectivity index (χ1v) is 16.9. The van der Waals surface area contributed by atoms with Crippen molar-refractivity contribution >= 4 is 37.1 Å². The lowest BCUT2D eigenvalue weighted by Gasteiger charge is -2.30. The van der Waals surface area contributed by atoms with Gasteiger partial charge < -0.3 is 24.5 Å². The summed E-state index contributed by atoms with van der Waals surface area (Å²) in [6.07, 6.45) is 9.84. The normalized spacial score (nSPS) is 17.6. The Morgan fingerprint density at radius 3 is 1.93 bits per heavy atom. The van der Waals surface area contributed by atoms with E-state index in [1.54, 1.807) is 6.33 Å². The number of carbonyl (C=O) groups excluding carboxylic acids is 2. The minimum Gasteiger partial charge on any atom is -0.464 e. The fraction of sp³-hybridized carbons (Fsp3) is 0.759. The number of hydrogen-bond acceptors (Lipinski definition) is 11. The first-order chi connectivity index (χ1) is 20.2. The molecule has 4 N–H and O–H groups in total. The van der Waals surface area contributed by atoms with E-state index in [4.69, 9.17) is 19.9 Å². The Balaban J connectivity index is 1.41. The van der Waals surface area contributed by atoms with Crippen LogP contribution in [0.3, 0.4) is 0 Å². The Bertz CT molecular complexity index is 1150. The number of fused-ring (bicyclic) bond motifs is 1. The first kappa shape index (κ1) is 32.5. The molecule has 234 valence electrons. The highest BCUT2D eigenvalue weighted by atomic mass is 31.1. The molecule has 0 radical (unpaired) electrons. The van der Waals surface area contributed by atoms with Gasteiger partial charge in [0.05, 0.1) is 46.8 Å². The average Bonchev–Trinajstić information content (AvgIpc) is 3.91. The standard InChI is InChI=1S/C29H48N7O5P/c1-6-21(7-2)15-39-26(37)28(10-11-28)34-42(35-29(12-13-29)27(38)40-16-22(8-3)9-4)19-41-20(5)14-36-18-33-23-24(30)31-17-32-25(23)36/h17-18,20-22,34-35H,6-16,19H2,1-5H3,(H2,30,31,32). The number of nitrogens with zero attached hydrogens (tertiary/aromatic N) is 4. The van der Waals surface area contributed by atoms with Gasteiger partial charge >= 0.3 is 11.9 Å². The zero-order chi connectivity index (χ0) is 30.3. The molecule has 4 rings (SSSR count). The summed E-state index contributed by atoms with van der Waals surface area (Å²) in [4.78, 5) is 39.0. The number of hydrogen-bond donors (Lipinski definition) is 3. The number of nitrogen functional groups attached to an aromatic ring is 1. The summed E-state index contributed by atoms with van der Waals surface area (Å²) in [6.45, 7) is 11.8. The third-order valence-electron chi connectivity index (χ3n) is 8.56. The molecule has 2 fully saturated rings. The zero-order valence-electron chi connectivity index (χ0n) is 25.7. The van der Waals surface area contributed by atoms with Crippen molar-refractivity contribution < 1.29 is 23.8 Å². The maximum Gasteiger partial charge on any atom is 0.326 e. The van der Waals surface area contributed by atoms with Gasteiger partial charge in [0, 0.05) is 0 Å². The van der Waals surface area contributed by atoms with Gasteiger partial charge in [0.2, 0.25) is 0 Å². The van der Waals surface area contributed by atoms with Crippen LogP contribution in [0.1, 0.15) is 86.0 Å². The molecule has 1 atom stereocenters. The molecule has 12 nitrogen and oxygen atoms in total. The van der Waals surface area contributed by atoms with Crippen molar-refractivity contribution in [1.29, 1.82) is 0 Å². The summed E-state index contributed by atoms with van der Waals surface area (Å²) in [5.41, 5.74) is 5.64. The van der Waals surface area contributed by atoms with Gasteiger partial charge in [-0.25, -0.2) is 15.0 Å². The predicted molar refractivity (Wildman–Crippen MR) is 162 cm³/mol. The molecule has 2 saturated carbocycles. The Kier molecular flexibility index (Phi) is 11.1. The molecule has 0 aromatic carbocycles. The summed E-state index contributed by atoms with van der Waals surface area (Å²) >= 11 is 0. The number of nitrogens with one attached hydrogen (secondary N) is 2. The van der Waals surface area contributed by atoms with Gasteiger partial charge in [-0.3, -0.25) is 19.8 Å². The number of esters is 2. The van der Waals surface area contributed by atoms with E-state index in [1.165, 1.54) is 6.33 Å². The van der Waals surface area contributed by atoms with Crippen LogP contribution in [0.2, 0.25) is 0 Å². The SMILES string of the molecule is CCC(CC)COC(=O)C1(NP(COC(C)Cn2cnc3c(N)ncnc32)NC2(C(=O)OCC(CC)CC)CC2)CC1. The Morgan fingerprint density at radius 1 is 0.929 bits per heavy atom. The highest BCUT2D eigenvalue weighted by Crippen LogP contribution is 2.49. The van der Waals surface area contributed by atoms with E-state index in [9.17, 15) is 9.59 Å². The maximum atomic E-state index is 13.2. The largest absolute Gasteiger partial charge is 0.464 e. The molecule has 0 aliphatic heterocycles. The monoisotopic (exact) mass is 605 g/mol. The number of imidazole rings is 1. The summed E-state index contributed by atoms with van der Waals surface area (Å²) in [6, 6.07) is 0. The van der Waals surface area contributed by atoms with E-state index in [2.05, 4.69) is 52.8 Å². The predicted octanol–water partition coefficient (Wildman–Crippen LogP) is 4.29. The van der Waals surface area contributed by atoms with Crippen LogP contribution in [-0.4, -0.2) is 68.2 Å². The highest BCUT2D eigenvalue weighted by Gasteiger charge is 2.56. The van der Waals surface area contributed by atoms with E-state index in [0.29, 0.717) is 80.6 Å². The molecule has 2 heterocycles. The number of nitrogens with two attached hydrogens (primary N) is 1. The van der Waals surface area contributed by atoms with Crippen LogP contribution in [0.5, 0.6) is 0 Å². The molecule has 2 aliphatic carbocycles. The number of rotatable bonds is 19. The molecule has 0 amide bonds. The van der Waals surface area contributed by atoms with Crippen LogP contribution in [0.15, 0.2) is 12.7 Å². The molecule has 2 aliphatic rings. The van der Waals surface area contributed by atoms with Crippen LogP contribution in [0.25, 0.3) is 11.2 Å². The van der Waals surface area contributed by atoms with Gasteiger partial charge in [0.15, 0.2) is 11.5 Å². The summed E-state index contributed by atoms with van der Waals surface area (Å²) in [7, 11) is -1.27. The van der Waals surface area contributed by atoms with Crippen molar-refractivity contribution in [3.05, 3.63) is 12.7 Å². The van der Waals surface area contributed by atoms with Gasteiger partial charge in [0.1, 0.15) is 22.9 Å². The number of carbonyl (C=O) groups is 2. The second-order valence-electron chi connectivity index (χ2n) is 11.8. The van der Waals surface area contributed by atoms with E-state index < -0.39 is 19.3 Å². The third kappa shape index (κ3) is 7.95. The molecule has 0 spiro atoms. The molecular weight excluding hydrogens is 557 g/mol. The summed E-state index contributed by atoms with van der Waals surface area (Å²) in [5.74, 6) is 0.599. The van der Waals surface area contributed by atoms with Gasteiger partial charge in [-0.15, -0.1) is 0 Å². The lowest BCUT2D eigenvalue weighted by atomic mass is 10.1. The van der Waals surface area contributed by atoms with Gasteiger partial charge in [-0.1, -0.05) is 53.4 Å². The smallest absolute Gasteiger partial charge is 0.326 e. The van der Waals surface area contributed by atoms with Gasteiger partial charge in [-0.05, 0) is 44.4 Å². The van der Waals surface area contributed by atoms with Crippen molar-refractivity contribution in [3.63, 3.8) is 0 Å². The number of anilines is 1. The van der Waals surface area contributed by atoms with E-state index in [1.807, 2.05) is 11.5 Å². The molecule has 2 aromatic heterocycles. The Hall–Kier alpha value is -2.40. The van der Waals surface area contributed by atoms with E-state index in [0.717, 1.165) is 25.7 Å². The van der Waals surface area contributed by atoms with Gasteiger partial charge in [0.25, 0.3) is 0 Å². The molecule has 13 heteroatoms. The minimum absolute atomic E-state index is 0.207. The van der Waals surface area contributed by atoms with Crippen molar-refractivity contribution in [1.82, 2.24) is 29.7 Å². The maximum absolute atomic E-state index is 13.2. The zero-order valence-corrected chi connectivity index (χ0v) is 26.6. The van der Waals surface area contributed by atoms with Crippen LogP contribution in [-0.2, 0) is 30.3 Å². The third-order valence-corrected chi connectivity index (χ3v) is 10.4. The summed E-state index contributed by atoms with van der Waals surface area (Å²) < 4.78 is 19.7. The molecule has 0 bridgehead atoms. The fourth-order valence-corrected chi connectivity index (χ4v) is 7.11. The van der Waals surface area contributed by atoms with E-state index >= 15 is 0 Å². The van der Waals surface area contributed by atoms with Crippen molar-refractivity contribution in [2.75, 3.05) is 25.3 Å². The minimum atomic E-state index is -1.27. The molecule has 0 saturated heterocycles. The quantitative estimate of drug-likeness (QED) is 0.155. The average molecular weight is 606 g/mol. The van der Waals surface area contributed by atoms with Crippen molar-refractivity contribution in [2.45, 2.75) is 110 Å². The van der Waals surface area contributed by atoms with Gasteiger partial charge in [-0.2, -0.15) is 0 Å². The molecule has 42 heavy (non-hydrogen) atoms. The van der Waals surface area contributed by atoms with Crippen LogP contribution < -0.4 is 15.9 Å². The lowest BCUT2D eigenvalue weighted by molar-refractivity contribution is -0.148. The van der Waals surface area contributed by atoms with Crippen molar-refractivity contribution in [3.8, 4) is 0 Å². The second kappa shape index (κ2) is 14.4. The fourth-order valence-electron chi connectivity index (χ4n) is 4.86. The topological polar surface area (TPSA) is 156 Å². The number of ether oxygens (including phenoxy) is 3. The lowest BCUT2D eigenvalue weighted by Crippen LogP contribution is -2.46. The number of aromatic nitrogens is 4.